The third-order valence-corrected chi connectivity index (χ3v) is 2.88. The maximum Gasteiger partial charge on any atom is 0.128 e. The van der Waals surface area contributed by atoms with Gasteiger partial charge in [0.1, 0.15) is 11.6 Å². The molecule has 0 nitrogen and oxygen atoms in total. The lowest BCUT2D eigenvalue weighted by Crippen LogP contribution is -1.97. The lowest BCUT2D eigenvalue weighted by atomic mass is 10.1. The van der Waals surface area contributed by atoms with Gasteiger partial charge in [0.25, 0.3) is 0 Å². The second-order valence-electron chi connectivity index (χ2n) is 3.41. The van der Waals surface area contributed by atoms with Crippen LogP contribution in [-0.2, 0) is 0 Å². The molecule has 0 N–H and O–H groups in total. The molecule has 0 heterocycles. The van der Waals surface area contributed by atoms with Gasteiger partial charge in [0.05, 0.1) is 5.38 Å². The molecule has 0 amide bonds. The lowest BCUT2D eigenvalue weighted by molar-refractivity contribution is 0.575. The number of hydrogen-bond donors (Lipinski definition) is 0. The summed E-state index contributed by atoms with van der Waals surface area (Å²) in [5.41, 5.74) is 0.296. The van der Waals surface area contributed by atoms with Crippen LogP contribution >= 0.6 is 11.6 Å². The predicted molar refractivity (Wildman–Crippen MR) is 47.7 cm³/mol. The van der Waals surface area contributed by atoms with E-state index < -0.39 is 11.6 Å². The minimum Gasteiger partial charge on any atom is -0.207 e. The zero-order chi connectivity index (χ0) is 9.42. The smallest absolute Gasteiger partial charge is 0.128 e. The predicted octanol–water partition coefficient (Wildman–Crippen LogP) is 3.65. The number of benzene rings is 1. The van der Waals surface area contributed by atoms with Gasteiger partial charge < -0.3 is 0 Å². The second kappa shape index (κ2) is 3.26. The molecule has 0 saturated heterocycles. The molecule has 0 bridgehead atoms. The highest BCUT2D eigenvalue weighted by atomic mass is 35.5. The van der Waals surface area contributed by atoms with E-state index >= 15 is 0 Å². The van der Waals surface area contributed by atoms with Crippen molar-refractivity contribution in [2.24, 2.45) is 5.92 Å². The summed E-state index contributed by atoms with van der Waals surface area (Å²) in [4.78, 5) is 0. The molecule has 1 aromatic carbocycles. The maximum absolute atomic E-state index is 13.2. The Kier molecular flexibility index (Phi) is 2.24. The van der Waals surface area contributed by atoms with Crippen LogP contribution in [0.15, 0.2) is 18.2 Å². The first-order chi connectivity index (χ1) is 6.18. The van der Waals surface area contributed by atoms with Gasteiger partial charge in [-0.05, 0) is 37.0 Å². The standard InChI is InChI=1S/C10H9ClF2/c11-10(6-1-2-6)8-5-7(12)3-4-9(8)13/h3-6,10H,1-2H2. The van der Waals surface area contributed by atoms with Gasteiger partial charge in [0, 0.05) is 5.56 Å². The van der Waals surface area contributed by atoms with E-state index in [0.29, 0.717) is 11.5 Å². The molecule has 13 heavy (non-hydrogen) atoms. The zero-order valence-corrected chi connectivity index (χ0v) is 7.69. The fourth-order valence-corrected chi connectivity index (χ4v) is 1.79. The van der Waals surface area contributed by atoms with E-state index in [4.69, 9.17) is 11.6 Å². The molecule has 0 aliphatic heterocycles. The molecule has 1 atom stereocenters. The van der Waals surface area contributed by atoms with Crippen molar-refractivity contribution < 1.29 is 8.78 Å². The number of alkyl halides is 1. The van der Waals surface area contributed by atoms with Crippen LogP contribution in [0.4, 0.5) is 8.78 Å². The van der Waals surface area contributed by atoms with Crippen molar-refractivity contribution in [2.75, 3.05) is 0 Å². The molecule has 1 aliphatic rings. The number of rotatable bonds is 2. The summed E-state index contributed by atoms with van der Waals surface area (Å²) in [5.74, 6) is -0.506. The van der Waals surface area contributed by atoms with Crippen LogP contribution in [0.1, 0.15) is 23.8 Å². The normalized spacial score (nSPS) is 18.7. The molecule has 0 spiro atoms. The molecule has 3 heteroatoms. The first kappa shape index (κ1) is 8.95. The molecule has 0 aromatic heterocycles. The van der Waals surface area contributed by atoms with E-state index in [9.17, 15) is 8.78 Å². The van der Waals surface area contributed by atoms with Crippen molar-refractivity contribution in [3.8, 4) is 0 Å². The highest BCUT2D eigenvalue weighted by molar-refractivity contribution is 6.21. The van der Waals surface area contributed by atoms with Gasteiger partial charge in [0.2, 0.25) is 0 Å². The van der Waals surface area contributed by atoms with Gasteiger partial charge in [0.15, 0.2) is 0 Å². The summed E-state index contributed by atoms with van der Waals surface area (Å²) in [5, 5.41) is -0.365. The highest BCUT2D eigenvalue weighted by Crippen LogP contribution is 2.45. The van der Waals surface area contributed by atoms with Crippen molar-refractivity contribution in [2.45, 2.75) is 18.2 Å². The van der Waals surface area contributed by atoms with Crippen molar-refractivity contribution in [1.82, 2.24) is 0 Å². The molecule has 1 saturated carbocycles. The van der Waals surface area contributed by atoms with Gasteiger partial charge >= 0.3 is 0 Å². The van der Waals surface area contributed by atoms with Gasteiger partial charge in [-0.2, -0.15) is 0 Å². The lowest BCUT2D eigenvalue weighted by Gasteiger charge is -2.08. The van der Waals surface area contributed by atoms with Crippen molar-refractivity contribution in [3.63, 3.8) is 0 Å². The third-order valence-electron chi connectivity index (χ3n) is 2.29. The van der Waals surface area contributed by atoms with Crippen LogP contribution in [0.25, 0.3) is 0 Å². The van der Waals surface area contributed by atoms with E-state index in [0.717, 1.165) is 25.0 Å². The first-order valence-corrected chi connectivity index (χ1v) is 4.71. The van der Waals surface area contributed by atoms with E-state index in [1.54, 1.807) is 0 Å². The molecule has 1 fully saturated rings. The van der Waals surface area contributed by atoms with E-state index in [1.807, 2.05) is 0 Å². The minimum atomic E-state index is -0.428. The first-order valence-electron chi connectivity index (χ1n) is 4.27. The summed E-state index contributed by atoms with van der Waals surface area (Å²) in [6, 6.07) is 3.42. The average Bonchev–Trinajstić information content (AvgIpc) is 2.91. The Morgan fingerprint density at radius 3 is 2.62 bits per heavy atom. The van der Waals surface area contributed by atoms with Gasteiger partial charge in [-0.3, -0.25) is 0 Å². The molecule has 1 unspecified atom stereocenters. The third kappa shape index (κ3) is 1.83. The summed E-state index contributed by atoms with van der Waals surface area (Å²) in [6.45, 7) is 0. The molecule has 1 aromatic rings. The number of halogens is 3. The Morgan fingerprint density at radius 1 is 1.31 bits per heavy atom. The Balaban J connectivity index is 2.31. The highest BCUT2D eigenvalue weighted by Gasteiger charge is 2.32. The topological polar surface area (TPSA) is 0 Å². The average molecular weight is 203 g/mol. The minimum absolute atomic E-state index is 0.296. The summed E-state index contributed by atoms with van der Waals surface area (Å²) in [7, 11) is 0. The Hall–Kier alpha value is -0.630. The van der Waals surface area contributed by atoms with E-state index in [1.165, 1.54) is 6.07 Å². The fraction of sp³-hybridized carbons (Fsp3) is 0.400. The quantitative estimate of drug-likeness (QED) is 0.643. The largest absolute Gasteiger partial charge is 0.207 e. The van der Waals surface area contributed by atoms with E-state index in [2.05, 4.69) is 0 Å². The maximum atomic E-state index is 13.2. The number of hydrogen-bond acceptors (Lipinski definition) is 0. The summed E-state index contributed by atoms with van der Waals surface area (Å²) < 4.78 is 25.9. The van der Waals surface area contributed by atoms with Crippen LogP contribution in [-0.4, -0.2) is 0 Å². The Bertz CT molecular complexity index is 321. The molecule has 1 aliphatic carbocycles. The van der Waals surface area contributed by atoms with Crippen LogP contribution < -0.4 is 0 Å². The van der Waals surface area contributed by atoms with Gasteiger partial charge in [-0.15, -0.1) is 11.6 Å². The second-order valence-corrected chi connectivity index (χ2v) is 3.88. The molecule has 0 radical (unpaired) electrons. The zero-order valence-electron chi connectivity index (χ0n) is 6.93. The Labute approximate surface area is 80.5 Å². The van der Waals surface area contributed by atoms with Crippen molar-refractivity contribution in [1.29, 1.82) is 0 Å². The molecular weight excluding hydrogens is 194 g/mol. The molecule has 70 valence electrons. The fourth-order valence-electron chi connectivity index (χ4n) is 1.37. The van der Waals surface area contributed by atoms with E-state index in [-0.39, 0.29) is 5.38 Å². The SMILES string of the molecule is Fc1ccc(F)c(C(Cl)C2CC2)c1. The van der Waals surface area contributed by atoms with Crippen LogP contribution in [0.2, 0.25) is 0 Å². The van der Waals surface area contributed by atoms with Crippen LogP contribution in [0.3, 0.4) is 0 Å². The summed E-state index contributed by atoms with van der Waals surface area (Å²) in [6.07, 6.45) is 2.04. The monoisotopic (exact) mass is 202 g/mol. The van der Waals surface area contributed by atoms with Gasteiger partial charge in [-0.25, -0.2) is 8.78 Å². The van der Waals surface area contributed by atoms with Gasteiger partial charge in [-0.1, -0.05) is 0 Å². The summed E-state index contributed by atoms with van der Waals surface area (Å²) >= 11 is 5.97. The van der Waals surface area contributed by atoms with Crippen molar-refractivity contribution >= 4 is 11.6 Å². The van der Waals surface area contributed by atoms with Crippen LogP contribution in [0, 0.1) is 17.6 Å². The molecular formula is C10H9ClF2. The van der Waals surface area contributed by atoms with Crippen molar-refractivity contribution in [3.05, 3.63) is 35.4 Å². The molecule has 2 rings (SSSR count). The van der Waals surface area contributed by atoms with Crippen LogP contribution in [0.5, 0.6) is 0 Å². The Morgan fingerprint density at radius 2 is 2.00 bits per heavy atom.